The van der Waals surface area contributed by atoms with Gasteiger partial charge in [0, 0.05) is 6.42 Å². The van der Waals surface area contributed by atoms with Gasteiger partial charge in [-0.15, -0.1) is 0 Å². The van der Waals surface area contributed by atoms with Crippen molar-refractivity contribution in [3.8, 4) is 0 Å². The molecule has 0 bridgehead atoms. The largest absolute Gasteiger partial charge is 0.365 e. The van der Waals surface area contributed by atoms with E-state index in [-0.39, 0.29) is 6.29 Å². The van der Waals surface area contributed by atoms with Crippen molar-refractivity contribution in [1.82, 2.24) is 0 Å². The first kappa shape index (κ1) is 14.4. The van der Waals surface area contributed by atoms with Gasteiger partial charge >= 0.3 is 0 Å². The summed E-state index contributed by atoms with van der Waals surface area (Å²) in [6.07, 6.45) is 0.996. The molecule has 2 rings (SSSR count). The third kappa shape index (κ3) is 4.26. The first-order chi connectivity index (χ1) is 8.95. The zero-order valence-electron chi connectivity index (χ0n) is 11.1. The lowest BCUT2D eigenvalue weighted by Crippen LogP contribution is -2.46. The van der Waals surface area contributed by atoms with Crippen molar-refractivity contribution < 1.29 is 19.7 Å². The summed E-state index contributed by atoms with van der Waals surface area (Å²) >= 11 is 0. The number of hydrogen-bond donors (Lipinski definition) is 3. The van der Waals surface area contributed by atoms with Gasteiger partial charge in [-0.05, 0) is 24.5 Å². The quantitative estimate of drug-likeness (QED) is 0.662. The van der Waals surface area contributed by atoms with Crippen molar-refractivity contribution >= 4 is 0 Å². The van der Waals surface area contributed by atoms with Crippen LogP contribution >= 0.6 is 0 Å². The van der Waals surface area contributed by atoms with E-state index in [0.717, 1.165) is 17.5 Å². The SMILES string of the molecule is CC(O)(O)C(N)Cc1ccc(CC2OCCO2)cc1. The lowest BCUT2D eigenvalue weighted by molar-refractivity contribution is -0.160. The molecule has 0 saturated carbocycles. The average Bonchev–Trinajstić information content (AvgIpc) is 2.83. The number of nitrogens with two attached hydrogens (primary N) is 1. The van der Waals surface area contributed by atoms with E-state index in [1.54, 1.807) is 0 Å². The molecule has 1 saturated heterocycles. The van der Waals surface area contributed by atoms with Crippen LogP contribution in [0.25, 0.3) is 0 Å². The van der Waals surface area contributed by atoms with E-state index < -0.39 is 11.8 Å². The lowest BCUT2D eigenvalue weighted by atomic mass is 9.99. The third-order valence-electron chi connectivity index (χ3n) is 3.27. The summed E-state index contributed by atoms with van der Waals surface area (Å²) in [5, 5.41) is 18.8. The van der Waals surface area contributed by atoms with Crippen molar-refractivity contribution in [2.75, 3.05) is 13.2 Å². The Morgan fingerprint density at radius 3 is 2.26 bits per heavy atom. The molecule has 1 aliphatic rings. The van der Waals surface area contributed by atoms with E-state index in [1.165, 1.54) is 6.92 Å². The Hall–Kier alpha value is -0.980. The predicted octanol–water partition coefficient (Wildman–Crippen LogP) is 0.173. The molecule has 1 aromatic carbocycles. The molecule has 0 aliphatic carbocycles. The number of aliphatic hydroxyl groups is 2. The van der Waals surface area contributed by atoms with Crippen LogP contribution in [0.15, 0.2) is 24.3 Å². The van der Waals surface area contributed by atoms with Crippen molar-refractivity contribution in [2.24, 2.45) is 5.73 Å². The number of benzene rings is 1. The number of rotatable bonds is 5. The maximum Gasteiger partial charge on any atom is 0.175 e. The monoisotopic (exact) mass is 267 g/mol. The summed E-state index contributed by atoms with van der Waals surface area (Å²) < 4.78 is 10.8. The van der Waals surface area contributed by atoms with Crippen LogP contribution < -0.4 is 5.73 Å². The molecule has 0 aromatic heterocycles. The molecular weight excluding hydrogens is 246 g/mol. The van der Waals surface area contributed by atoms with E-state index in [9.17, 15) is 10.2 Å². The Kier molecular flexibility index (Phi) is 4.54. The molecule has 1 aliphatic heterocycles. The molecule has 5 nitrogen and oxygen atoms in total. The third-order valence-corrected chi connectivity index (χ3v) is 3.27. The Bertz CT molecular complexity index is 393. The molecule has 1 heterocycles. The molecule has 4 N–H and O–H groups in total. The van der Waals surface area contributed by atoms with Gasteiger partial charge in [0.1, 0.15) is 0 Å². The topological polar surface area (TPSA) is 84.9 Å². The van der Waals surface area contributed by atoms with Gasteiger partial charge in [0.2, 0.25) is 0 Å². The van der Waals surface area contributed by atoms with Gasteiger partial charge in [0.25, 0.3) is 0 Å². The van der Waals surface area contributed by atoms with E-state index in [2.05, 4.69) is 0 Å². The second kappa shape index (κ2) is 5.98. The molecular formula is C14H21NO4. The van der Waals surface area contributed by atoms with Crippen molar-refractivity contribution in [3.05, 3.63) is 35.4 Å². The Labute approximate surface area is 113 Å². The number of ether oxygens (including phenoxy) is 2. The van der Waals surface area contributed by atoms with Crippen molar-refractivity contribution in [1.29, 1.82) is 0 Å². The van der Waals surface area contributed by atoms with Gasteiger partial charge in [0.15, 0.2) is 12.1 Å². The minimum absolute atomic E-state index is 0.147. The molecule has 19 heavy (non-hydrogen) atoms. The van der Waals surface area contributed by atoms with Gasteiger partial charge in [-0.1, -0.05) is 24.3 Å². The van der Waals surface area contributed by atoms with Crippen LogP contribution in [-0.2, 0) is 22.3 Å². The van der Waals surface area contributed by atoms with Crippen LogP contribution in [0.2, 0.25) is 0 Å². The zero-order valence-corrected chi connectivity index (χ0v) is 11.1. The summed E-state index contributed by atoms with van der Waals surface area (Å²) in [6.45, 7) is 2.60. The minimum Gasteiger partial charge on any atom is -0.365 e. The maximum absolute atomic E-state index is 9.39. The van der Waals surface area contributed by atoms with Crippen LogP contribution in [0.3, 0.4) is 0 Å². The van der Waals surface area contributed by atoms with Gasteiger partial charge in [-0.2, -0.15) is 0 Å². The fourth-order valence-corrected chi connectivity index (χ4v) is 1.98. The molecule has 0 radical (unpaired) electrons. The smallest absolute Gasteiger partial charge is 0.175 e. The second-order valence-electron chi connectivity index (χ2n) is 5.10. The lowest BCUT2D eigenvalue weighted by Gasteiger charge is -2.24. The molecule has 1 fully saturated rings. The average molecular weight is 267 g/mol. The van der Waals surface area contributed by atoms with Crippen LogP contribution in [0.4, 0.5) is 0 Å². The molecule has 0 amide bonds. The summed E-state index contributed by atoms with van der Waals surface area (Å²) in [6, 6.07) is 7.14. The molecule has 1 unspecified atom stereocenters. The van der Waals surface area contributed by atoms with E-state index in [0.29, 0.717) is 19.6 Å². The molecule has 5 heteroatoms. The van der Waals surface area contributed by atoms with E-state index >= 15 is 0 Å². The highest BCUT2D eigenvalue weighted by Crippen LogP contribution is 2.15. The van der Waals surface area contributed by atoms with Crippen LogP contribution in [0.1, 0.15) is 18.1 Å². The van der Waals surface area contributed by atoms with Crippen LogP contribution in [-0.4, -0.2) is 41.5 Å². The highest BCUT2D eigenvalue weighted by Gasteiger charge is 2.25. The molecule has 0 spiro atoms. The zero-order chi connectivity index (χ0) is 13.9. The maximum atomic E-state index is 9.39. The normalized spacial score (nSPS) is 18.7. The fourth-order valence-electron chi connectivity index (χ4n) is 1.98. The summed E-state index contributed by atoms with van der Waals surface area (Å²) in [7, 11) is 0. The van der Waals surface area contributed by atoms with Gasteiger partial charge in [-0.25, -0.2) is 0 Å². The van der Waals surface area contributed by atoms with Gasteiger partial charge < -0.3 is 25.4 Å². The van der Waals surface area contributed by atoms with Crippen LogP contribution in [0.5, 0.6) is 0 Å². The van der Waals surface area contributed by atoms with Crippen molar-refractivity contribution in [2.45, 2.75) is 37.9 Å². The van der Waals surface area contributed by atoms with Crippen LogP contribution in [0, 0.1) is 0 Å². The summed E-state index contributed by atoms with van der Waals surface area (Å²) in [5.41, 5.74) is 7.81. The molecule has 1 atom stereocenters. The van der Waals surface area contributed by atoms with Crippen molar-refractivity contribution in [3.63, 3.8) is 0 Å². The summed E-state index contributed by atoms with van der Waals surface area (Å²) in [4.78, 5) is 0. The second-order valence-corrected chi connectivity index (χ2v) is 5.10. The minimum atomic E-state index is -1.86. The molecule has 1 aromatic rings. The Morgan fingerprint density at radius 1 is 1.21 bits per heavy atom. The van der Waals surface area contributed by atoms with E-state index in [1.807, 2.05) is 24.3 Å². The Balaban J connectivity index is 1.90. The standard InChI is InChI=1S/C14H21NO4/c1-14(16,17)12(15)8-10-2-4-11(5-3-10)9-13-18-6-7-19-13/h2-5,12-13,16-17H,6-9,15H2,1H3. The van der Waals surface area contributed by atoms with Gasteiger partial charge in [0.05, 0.1) is 19.3 Å². The van der Waals surface area contributed by atoms with E-state index in [4.69, 9.17) is 15.2 Å². The first-order valence-corrected chi connectivity index (χ1v) is 6.46. The molecule has 106 valence electrons. The summed E-state index contributed by atoms with van der Waals surface area (Å²) in [5.74, 6) is -1.86. The predicted molar refractivity (Wildman–Crippen MR) is 70.4 cm³/mol. The number of hydrogen-bond acceptors (Lipinski definition) is 5. The highest BCUT2D eigenvalue weighted by atomic mass is 16.7. The highest BCUT2D eigenvalue weighted by molar-refractivity contribution is 5.24. The first-order valence-electron chi connectivity index (χ1n) is 6.46. The van der Waals surface area contributed by atoms with Gasteiger partial charge in [-0.3, -0.25) is 0 Å². The Morgan fingerprint density at radius 2 is 1.74 bits per heavy atom. The fraction of sp³-hybridized carbons (Fsp3) is 0.571.